The van der Waals surface area contributed by atoms with E-state index in [-0.39, 0.29) is 18.3 Å². The standard InChI is InChI=1S/C22H28FN3O6S/c1-13(2)20-18(10-9-16(27)11-17(28)12-19(29)30)21(14-5-7-15(23)8-6-14)25-22(24-20)26(3)33(4,31)32/h5-10,13,16-17,27-28H,11-12H2,1-4H3,(H,29,30)/p+1/b10-9+/t16-,17-/m1/s1. The van der Waals surface area contributed by atoms with Gasteiger partial charge >= 0.3 is 5.97 Å². The predicted octanol–water partition coefficient (Wildman–Crippen LogP) is 1.57. The van der Waals surface area contributed by atoms with E-state index in [1.54, 1.807) is 6.08 Å². The number of anilines is 1. The zero-order valence-electron chi connectivity index (χ0n) is 18.9. The van der Waals surface area contributed by atoms with Crippen molar-refractivity contribution >= 4 is 28.0 Å². The van der Waals surface area contributed by atoms with Crippen molar-refractivity contribution in [3.63, 3.8) is 0 Å². The molecule has 1 heterocycles. The Balaban J connectivity index is 2.61. The van der Waals surface area contributed by atoms with Gasteiger partial charge in [-0.15, -0.1) is 0 Å². The summed E-state index contributed by atoms with van der Waals surface area (Å²) in [5.41, 5.74) is 1.84. The van der Waals surface area contributed by atoms with Crippen LogP contribution in [0.15, 0.2) is 30.3 Å². The summed E-state index contributed by atoms with van der Waals surface area (Å²) < 4.78 is 38.6. The van der Waals surface area contributed by atoms with Gasteiger partial charge in [-0.25, -0.2) is 27.1 Å². The van der Waals surface area contributed by atoms with Gasteiger partial charge in [-0.2, -0.15) is 0 Å². The number of sulfonamides is 1. The van der Waals surface area contributed by atoms with Gasteiger partial charge in [-0.05, 0) is 30.2 Å². The number of rotatable bonds is 10. The van der Waals surface area contributed by atoms with E-state index in [2.05, 4.69) is 9.97 Å². The molecule has 0 unspecified atom stereocenters. The maximum Gasteiger partial charge on any atom is 0.518 e. The minimum absolute atomic E-state index is 0.0531. The average Bonchev–Trinajstić information content (AvgIpc) is 2.70. The van der Waals surface area contributed by atoms with Gasteiger partial charge in [0.05, 0.1) is 29.9 Å². The van der Waals surface area contributed by atoms with Crippen molar-refractivity contribution in [1.82, 2.24) is 9.97 Å². The Morgan fingerprint density at radius 1 is 1.21 bits per heavy atom. The Kier molecular flexibility index (Phi) is 8.64. The number of aliphatic hydroxyl groups is 2. The molecule has 0 amide bonds. The lowest BCUT2D eigenvalue weighted by Gasteiger charge is -2.20. The van der Waals surface area contributed by atoms with Crippen LogP contribution in [-0.2, 0) is 14.8 Å². The molecular formula is C22H29FN3O6S+. The third kappa shape index (κ3) is 7.31. The third-order valence-corrected chi connectivity index (χ3v) is 5.98. The molecule has 0 saturated heterocycles. The van der Waals surface area contributed by atoms with Gasteiger partial charge in [-0.3, -0.25) is 0 Å². The van der Waals surface area contributed by atoms with E-state index < -0.39 is 40.4 Å². The van der Waals surface area contributed by atoms with Gasteiger partial charge < -0.3 is 15.3 Å². The van der Waals surface area contributed by atoms with Crippen LogP contribution in [0.1, 0.15) is 43.9 Å². The summed E-state index contributed by atoms with van der Waals surface area (Å²) in [6, 6.07) is 5.51. The number of halogens is 1. The molecule has 2 rings (SSSR count). The Bertz CT molecular complexity index is 1120. The van der Waals surface area contributed by atoms with Gasteiger partial charge in [0, 0.05) is 29.4 Å². The Labute approximate surface area is 192 Å². The molecule has 9 nitrogen and oxygen atoms in total. The first kappa shape index (κ1) is 26.4. The average molecular weight is 483 g/mol. The van der Waals surface area contributed by atoms with Crippen LogP contribution in [0.4, 0.5) is 10.3 Å². The lowest BCUT2D eigenvalue weighted by molar-refractivity contribution is -0.139. The van der Waals surface area contributed by atoms with Crippen molar-refractivity contribution in [2.45, 2.75) is 44.8 Å². The number of carbonyl (C=O) groups excluding carboxylic acids is 1. The van der Waals surface area contributed by atoms with Gasteiger partial charge in [0.25, 0.3) is 0 Å². The van der Waals surface area contributed by atoms with Crippen molar-refractivity contribution in [3.8, 4) is 11.3 Å². The van der Waals surface area contributed by atoms with E-state index in [1.165, 1.54) is 37.4 Å². The molecule has 0 saturated carbocycles. The summed E-state index contributed by atoms with van der Waals surface area (Å²) in [6.07, 6.45) is 1.14. The fourth-order valence-electron chi connectivity index (χ4n) is 3.06. The molecule has 0 fully saturated rings. The van der Waals surface area contributed by atoms with E-state index in [9.17, 15) is 27.8 Å². The first-order valence-corrected chi connectivity index (χ1v) is 12.0. The molecule has 4 N–H and O–H groups in total. The van der Waals surface area contributed by atoms with Crippen molar-refractivity contribution < 1.29 is 32.9 Å². The van der Waals surface area contributed by atoms with Crippen molar-refractivity contribution in [2.24, 2.45) is 0 Å². The second-order valence-corrected chi connectivity index (χ2v) is 10.0. The van der Waals surface area contributed by atoms with Crippen molar-refractivity contribution in [2.75, 3.05) is 17.6 Å². The highest BCUT2D eigenvalue weighted by Crippen LogP contribution is 2.31. The van der Waals surface area contributed by atoms with Crippen molar-refractivity contribution in [3.05, 3.63) is 47.4 Å². The Hall–Kier alpha value is -2.89. The summed E-state index contributed by atoms with van der Waals surface area (Å²) in [7, 11) is -2.32. The zero-order valence-corrected chi connectivity index (χ0v) is 19.7. The van der Waals surface area contributed by atoms with Gasteiger partial charge in [0.15, 0.2) is 0 Å². The van der Waals surface area contributed by atoms with Crippen LogP contribution in [0.2, 0.25) is 0 Å². The molecule has 0 aliphatic heterocycles. The van der Waals surface area contributed by atoms with E-state index in [1.807, 2.05) is 13.8 Å². The van der Waals surface area contributed by atoms with E-state index in [0.29, 0.717) is 22.5 Å². The second kappa shape index (κ2) is 10.8. The highest BCUT2D eigenvalue weighted by atomic mass is 32.2. The largest absolute Gasteiger partial charge is 0.565 e. The van der Waals surface area contributed by atoms with Crippen LogP contribution in [0.5, 0.6) is 0 Å². The fourth-order valence-corrected chi connectivity index (χ4v) is 3.44. The zero-order chi connectivity index (χ0) is 24.9. The number of aliphatic hydroxyl groups excluding tert-OH is 2. The van der Waals surface area contributed by atoms with Crippen molar-refractivity contribution in [1.29, 1.82) is 0 Å². The van der Waals surface area contributed by atoms with Crippen LogP contribution in [0.25, 0.3) is 17.3 Å². The molecule has 2 aromatic rings. The van der Waals surface area contributed by atoms with Crippen LogP contribution >= 0.6 is 0 Å². The summed E-state index contributed by atoms with van der Waals surface area (Å²) in [6.45, 7) is 3.72. The van der Waals surface area contributed by atoms with Gasteiger partial charge in [-0.1, -0.05) is 26.0 Å². The number of hydrogen-bond donors (Lipinski definition) is 2. The number of hydrogen-bond acceptors (Lipinski definition) is 7. The topological polar surface area (TPSA) is 144 Å². The monoisotopic (exact) mass is 482 g/mol. The lowest BCUT2D eigenvalue weighted by Crippen LogP contribution is -2.27. The molecule has 33 heavy (non-hydrogen) atoms. The first-order chi connectivity index (χ1) is 15.3. The maximum absolute atomic E-state index is 13.5. The summed E-state index contributed by atoms with van der Waals surface area (Å²) >= 11 is 0. The normalized spacial score (nSPS) is 13.9. The van der Waals surface area contributed by atoms with Gasteiger partial charge in [0.2, 0.25) is 16.0 Å². The van der Waals surface area contributed by atoms with Gasteiger partial charge in [0.1, 0.15) is 12.2 Å². The molecular weight excluding hydrogens is 453 g/mol. The highest BCUT2D eigenvalue weighted by Gasteiger charge is 2.23. The number of benzene rings is 1. The predicted molar refractivity (Wildman–Crippen MR) is 124 cm³/mol. The summed E-state index contributed by atoms with van der Waals surface area (Å²) in [5, 5.41) is 27.0. The molecule has 0 spiro atoms. The van der Waals surface area contributed by atoms with Crippen LogP contribution in [-0.4, -0.2) is 65.2 Å². The van der Waals surface area contributed by atoms with Crippen LogP contribution < -0.4 is 4.31 Å². The lowest BCUT2D eigenvalue weighted by atomic mass is 9.97. The van der Waals surface area contributed by atoms with E-state index in [4.69, 9.17) is 5.11 Å². The Morgan fingerprint density at radius 2 is 1.82 bits per heavy atom. The Morgan fingerprint density at radius 3 is 2.33 bits per heavy atom. The van der Waals surface area contributed by atoms with Crippen LogP contribution in [0, 0.1) is 5.82 Å². The highest BCUT2D eigenvalue weighted by molar-refractivity contribution is 7.92. The van der Waals surface area contributed by atoms with E-state index >= 15 is 0 Å². The number of aromatic nitrogens is 2. The summed E-state index contributed by atoms with van der Waals surface area (Å²) in [5.74, 6) is -1.60. The molecule has 2 atom stereocenters. The van der Waals surface area contributed by atoms with E-state index in [0.717, 1.165) is 10.6 Å². The first-order valence-electron chi connectivity index (χ1n) is 10.2. The number of nitrogens with zero attached hydrogens (tertiary/aromatic N) is 3. The molecule has 1 aromatic carbocycles. The third-order valence-electron chi connectivity index (χ3n) is 4.83. The molecule has 0 bridgehead atoms. The summed E-state index contributed by atoms with van der Waals surface area (Å²) in [4.78, 5) is 19.7. The molecule has 0 aliphatic rings. The minimum atomic E-state index is -3.65. The molecule has 0 aliphatic carbocycles. The molecule has 180 valence electrons. The minimum Gasteiger partial charge on any atom is -0.565 e. The smallest absolute Gasteiger partial charge is 0.518 e. The molecule has 11 heteroatoms. The maximum atomic E-state index is 13.5. The molecule has 0 radical (unpaired) electrons. The van der Waals surface area contributed by atoms with Crippen LogP contribution in [0.3, 0.4) is 0 Å². The fraction of sp³-hybridized carbons (Fsp3) is 0.409. The quantitative estimate of drug-likeness (QED) is 0.489. The number of carbonyl (C=O) groups is 1. The molecule has 1 aromatic heterocycles. The second-order valence-electron chi connectivity index (χ2n) is 8.01. The SMILES string of the molecule is CC(C)c1nc(N(C)S(C)(=O)=O)nc(-c2ccc(F)cc2)c1/C=C/[C@@H](O)C[C@@H](O)CC(=O)[OH2+].